The summed E-state index contributed by atoms with van der Waals surface area (Å²) < 4.78 is 0. The first kappa shape index (κ1) is 31.5. The molecule has 0 aliphatic heterocycles. The average molecular weight is 688 g/mol. The standard InChI is InChI=1S/C51H33N3/c1-3-12-34(13-4-1)46-31-41-18-9-10-21-47(41)48(33-46)42-19-11-20-43(30-42)50-52-49(37-15-5-2-6-16-37)53-51(54-50)44-27-24-36-23-26-40(29-45(36)32-44)39-25-22-35-14-7-8-17-38(35)28-39/h1-33H. The molecule has 3 nitrogen and oxygen atoms in total. The number of benzene rings is 9. The maximum Gasteiger partial charge on any atom is 0.164 e. The largest absolute Gasteiger partial charge is 0.208 e. The van der Waals surface area contributed by atoms with Crippen LogP contribution in [0.1, 0.15) is 0 Å². The lowest BCUT2D eigenvalue weighted by Crippen LogP contribution is -2.00. The van der Waals surface area contributed by atoms with Gasteiger partial charge in [-0.1, -0.05) is 164 Å². The van der Waals surface area contributed by atoms with Gasteiger partial charge in [-0.05, 0) is 102 Å². The SMILES string of the molecule is c1ccc(-c2cc(-c3cccc(-c4nc(-c5ccccc5)nc(-c5ccc6ccc(-c7ccc8ccccc8c7)cc6c5)n4)c3)c3ccccc3c2)cc1. The maximum absolute atomic E-state index is 5.16. The molecular formula is C51H33N3. The molecule has 3 heteroatoms. The fourth-order valence-electron chi connectivity index (χ4n) is 7.46. The number of hydrogen-bond acceptors (Lipinski definition) is 3. The summed E-state index contributed by atoms with van der Waals surface area (Å²) >= 11 is 0. The zero-order valence-electron chi connectivity index (χ0n) is 29.4. The summed E-state index contributed by atoms with van der Waals surface area (Å²) in [6, 6.07) is 70.8. The van der Waals surface area contributed by atoms with Gasteiger partial charge in [-0.15, -0.1) is 0 Å². The van der Waals surface area contributed by atoms with Gasteiger partial charge < -0.3 is 0 Å². The second-order valence-electron chi connectivity index (χ2n) is 13.7. The van der Waals surface area contributed by atoms with Gasteiger partial charge in [-0.25, -0.2) is 15.0 Å². The Bertz CT molecular complexity index is 2990. The third-order valence-corrected chi connectivity index (χ3v) is 10.2. The Labute approximate surface area is 313 Å². The van der Waals surface area contributed by atoms with Gasteiger partial charge in [0.2, 0.25) is 0 Å². The van der Waals surface area contributed by atoms with E-state index in [1.54, 1.807) is 0 Å². The van der Waals surface area contributed by atoms with Crippen molar-refractivity contribution in [2.75, 3.05) is 0 Å². The van der Waals surface area contributed by atoms with Gasteiger partial charge in [0.25, 0.3) is 0 Å². The van der Waals surface area contributed by atoms with Crippen LogP contribution in [0.5, 0.6) is 0 Å². The van der Waals surface area contributed by atoms with Crippen LogP contribution in [0, 0.1) is 0 Å². The number of nitrogens with zero attached hydrogens (tertiary/aromatic N) is 3. The van der Waals surface area contributed by atoms with Crippen molar-refractivity contribution in [2.45, 2.75) is 0 Å². The average Bonchev–Trinajstić information content (AvgIpc) is 3.26. The van der Waals surface area contributed by atoms with Crippen molar-refractivity contribution in [3.05, 3.63) is 200 Å². The number of aromatic nitrogens is 3. The molecule has 0 aliphatic rings. The van der Waals surface area contributed by atoms with Crippen LogP contribution in [0.25, 0.3) is 99.9 Å². The van der Waals surface area contributed by atoms with Gasteiger partial charge in [0.1, 0.15) is 0 Å². The van der Waals surface area contributed by atoms with Crippen molar-refractivity contribution >= 4 is 32.3 Å². The normalized spacial score (nSPS) is 11.3. The van der Waals surface area contributed by atoms with Crippen LogP contribution in [-0.2, 0) is 0 Å². The van der Waals surface area contributed by atoms with E-state index in [1.165, 1.54) is 54.7 Å². The lowest BCUT2D eigenvalue weighted by atomic mass is 9.92. The van der Waals surface area contributed by atoms with Crippen LogP contribution in [0.3, 0.4) is 0 Å². The van der Waals surface area contributed by atoms with Gasteiger partial charge in [0.05, 0.1) is 0 Å². The van der Waals surface area contributed by atoms with Crippen LogP contribution >= 0.6 is 0 Å². The predicted octanol–water partition coefficient (Wildman–Crippen LogP) is 13.3. The minimum Gasteiger partial charge on any atom is -0.208 e. The molecule has 0 aliphatic carbocycles. The van der Waals surface area contributed by atoms with Crippen molar-refractivity contribution in [1.29, 1.82) is 0 Å². The summed E-state index contributed by atoms with van der Waals surface area (Å²) in [5.41, 5.74) is 9.83. The fourth-order valence-corrected chi connectivity index (χ4v) is 7.46. The molecule has 1 heterocycles. The number of hydrogen-bond donors (Lipinski definition) is 0. The molecule has 0 N–H and O–H groups in total. The van der Waals surface area contributed by atoms with Gasteiger partial charge in [-0.3, -0.25) is 0 Å². The Morgan fingerprint density at radius 3 is 1.41 bits per heavy atom. The van der Waals surface area contributed by atoms with E-state index >= 15 is 0 Å². The first-order valence-corrected chi connectivity index (χ1v) is 18.3. The molecule has 0 radical (unpaired) electrons. The topological polar surface area (TPSA) is 38.7 Å². The summed E-state index contributed by atoms with van der Waals surface area (Å²) in [5.74, 6) is 1.91. The molecule has 0 amide bonds. The van der Waals surface area contributed by atoms with Crippen LogP contribution in [0.15, 0.2) is 200 Å². The van der Waals surface area contributed by atoms with Crippen molar-refractivity contribution in [3.63, 3.8) is 0 Å². The summed E-state index contributed by atoms with van der Waals surface area (Å²) in [4.78, 5) is 15.3. The van der Waals surface area contributed by atoms with Gasteiger partial charge in [0.15, 0.2) is 17.5 Å². The van der Waals surface area contributed by atoms with Gasteiger partial charge in [0, 0.05) is 16.7 Å². The molecule has 0 unspecified atom stereocenters. The fraction of sp³-hybridized carbons (Fsp3) is 0. The third-order valence-electron chi connectivity index (χ3n) is 10.2. The van der Waals surface area contributed by atoms with Crippen molar-refractivity contribution < 1.29 is 0 Å². The Morgan fingerprint density at radius 1 is 0.222 bits per heavy atom. The zero-order chi connectivity index (χ0) is 35.8. The van der Waals surface area contributed by atoms with E-state index in [0.717, 1.165) is 27.6 Å². The van der Waals surface area contributed by atoms with Crippen molar-refractivity contribution in [1.82, 2.24) is 15.0 Å². The van der Waals surface area contributed by atoms with Crippen molar-refractivity contribution in [3.8, 4) is 67.5 Å². The van der Waals surface area contributed by atoms with Crippen LogP contribution in [-0.4, -0.2) is 15.0 Å². The highest BCUT2D eigenvalue weighted by atomic mass is 15.0. The predicted molar refractivity (Wildman–Crippen MR) is 225 cm³/mol. The third kappa shape index (κ3) is 5.98. The second-order valence-corrected chi connectivity index (χ2v) is 13.7. The second kappa shape index (κ2) is 13.4. The molecule has 9 aromatic carbocycles. The Morgan fingerprint density at radius 2 is 0.685 bits per heavy atom. The molecule has 0 bridgehead atoms. The quantitative estimate of drug-likeness (QED) is 0.175. The van der Waals surface area contributed by atoms with Crippen LogP contribution in [0.2, 0.25) is 0 Å². The molecule has 10 aromatic rings. The lowest BCUT2D eigenvalue weighted by Gasteiger charge is -2.13. The molecule has 252 valence electrons. The molecule has 0 spiro atoms. The minimum atomic E-state index is 0.634. The monoisotopic (exact) mass is 687 g/mol. The molecule has 0 fully saturated rings. The number of rotatable bonds is 6. The van der Waals surface area contributed by atoms with E-state index in [2.05, 4.69) is 182 Å². The van der Waals surface area contributed by atoms with E-state index in [-0.39, 0.29) is 0 Å². The summed E-state index contributed by atoms with van der Waals surface area (Å²) in [7, 11) is 0. The highest BCUT2D eigenvalue weighted by Gasteiger charge is 2.15. The lowest BCUT2D eigenvalue weighted by molar-refractivity contribution is 1.07. The molecule has 54 heavy (non-hydrogen) atoms. The summed E-state index contributed by atoms with van der Waals surface area (Å²) in [6.45, 7) is 0. The molecule has 10 rings (SSSR count). The molecule has 0 saturated carbocycles. The maximum atomic E-state index is 5.16. The summed E-state index contributed by atoms with van der Waals surface area (Å²) in [5, 5.41) is 7.18. The van der Waals surface area contributed by atoms with E-state index in [1.807, 2.05) is 18.2 Å². The van der Waals surface area contributed by atoms with E-state index in [4.69, 9.17) is 15.0 Å². The Balaban J connectivity index is 1.10. The first-order chi connectivity index (χ1) is 26.7. The van der Waals surface area contributed by atoms with Gasteiger partial charge in [-0.2, -0.15) is 0 Å². The minimum absolute atomic E-state index is 0.634. The smallest absolute Gasteiger partial charge is 0.164 e. The molecule has 0 atom stereocenters. The van der Waals surface area contributed by atoms with E-state index in [0.29, 0.717) is 17.5 Å². The van der Waals surface area contributed by atoms with Gasteiger partial charge >= 0.3 is 0 Å². The van der Waals surface area contributed by atoms with Crippen LogP contribution < -0.4 is 0 Å². The summed E-state index contributed by atoms with van der Waals surface area (Å²) in [6.07, 6.45) is 0. The first-order valence-electron chi connectivity index (χ1n) is 18.3. The Kier molecular flexibility index (Phi) is 7.81. The highest BCUT2D eigenvalue weighted by molar-refractivity contribution is 6.00. The highest BCUT2D eigenvalue weighted by Crippen LogP contribution is 2.36. The molecular weight excluding hydrogens is 655 g/mol. The van der Waals surface area contributed by atoms with E-state index < -0.39 is 0 Å². The number of fused-ring (bicyclic) bond motifs is 3. The van der Waals surface area contributed by atoms with Crippen LogP contribution in [0.4, 0.5) is 0 Å². The van der Waals surface area contributed by atoms with Crippen molar-refractivity contribution in [2.24, 2.45) is 0 Å². The molecule has 1 aromatic heterocycles. The zero-order valence-corrected chi connectivity index (χ0v) is 29.4. The van der Waals surface area contributed by atoms with E-state index in [9.17, 15) is 0 Å². The Hall–Kier alpha value is -7.23. The molecule has 0 saturated heterocycles.